The highest BCUT2D eigenvalue weighted by molar-refractivity contribution is 5.76. The molecule has 0 unspecified atom stereocenters. The van der Waals surface area contributed by atoms with Crippen molar-refractivity contribution in [1.82, 2.24) is 0 Å². The van der Waals surface area contributed by atoms with E-state index in [4.69, 9.17) is 42.6 Å². The van der Waals surface area contributed by atoms with Crippen LogP contribution in [0.25, 0.3) is 0 Å². The molecule has 326 valence electrons. The predicted molar refractivity (Wildman–Crippen MR) is 166 cm³/mol. The summed E-state index contributed by atoms with van der Waals surface area (Å²) in [6, 6.07) is 0. The van der Waals surface area contributed by atoms with Crippen LogP contribution in [0.1, 0.15) is 0 Å². The molecule has 26 nitrogen and oxygen atoms in total. The number of rotatable bonds is 13. The van der Waals surface area contributed by atoms with Crippen LogP contribution in [0.15, 0.2) is 0 Å². The second-order valence-electron chi connectivity index (χ2n) is 13.8. The van der Waals surface area contributed by atoms with Crippen molar-refractivity contribution in [3.8, 4) is 0 Å². The summed E-state index contributed by atoms with van der Waals surface area (Å²) in [5, 5.41) is 166. The van der Waals surface area contributed by atoms with Crippen molar-refractivity contribution >= 4 is 5.97 Å². The number of aliphatic hydroxyl groups excluding tert-OH is 16. The molecular weight excluding hydrogens is 776 g/mol. The van der Waals surface area contributed by atoms with Gasteiger partial charge in [0, 0.05) is 0 Å². The predicted octanol–water partition coefficient (Wildman–Crippen LogP) is -11.7. The maximum Gasteiger partial charge on any atom is 0.338 e. The van der Waals surface area contributed by atoms with Gasteiger partial charge in [0.05, 0.1) is 33.0 Å². The van der Waals surface area contributed by atoms with E-state index in [0.29, 0.717) is 0 Å². The minimum atomic E-state index is -2.12. The zero-order valence-electron chi connectivity index (χ0n) is 29.1. The van der Waals surface area contributed by atoms with Gasteiger partial charge >= 0.3 is 5.97 Å². The van der Waals surface area contributed by atoms with Crippen molar-refractivity contribution in [2.75, 3.05) is 33.0 Å². The molecule has 0 amide bonds. The molecule has 0 saturated carbocycles. The van der Waals surface area contributed by atoms with Gasteiger partial charge in [-0.25, -0.2) is 4.79 Å². The number of ether oxygens (including phenoxy) is 9. The molecule has 5 fully saturated rings. The first-order valence-electron chi connectivity index (χ1n) is 17.5. The molecule has 26 heteroatoms. The van der Waals surface area contributed by atoms with Gasteiger partial charge in [0.2, 0.25) is 0 Å². The van der Waals surface area contributed by atoms with Gasteiger partial charge in [-0.1, -0.05) is 0 Å². The van der Waals surface area contributed by atoms with Crippen molar-refractivity contribution in [1.29, 1.82) is 0 Å². The summed E-state index contributed by atoms with van der Waals surface area (Å²) >= 11 is 0. The zero-order valence-corrected chi connectivity index (χ0v) is 29.1. The summed E-state index contributed by atoms with van der Waals surface area (Å²) in [4.78, 5) is 11.7. The molecule has 16 N–H and O–H groups in total. The van der Waals surface area contributed by atoms with Crippen LogP contribution in [-0.2, 0) is 47.4 Å². The second kappa shape index (κ2) is 19.3. The normalized spacial score (nSPS) is 51.8. The van der Waals surface area contributed by atoms with Crippen LogP contribution in [0.4, 0.5) is 0 Å². The Balaban J connectivity index is 1.23. The fraction of sp³-hybridized carbons (Fsp3) is 0.967. The molecule has 5 aliphatic heterocycles. The van der Waals surface area contributed by atoms with E-state index in [2.05, 4.69) is 0 Å². The average molecular weight is 827 g/mol. The molecular formula is C30H50O26. The number of aliphatic hydroxyl groups is 16. The Labute approximate surface area is 315 Å². The van der Waals surface area contributed by atoms with Crippen molar-refractivity contribution in [2.24, 2.45) is 0 Å². The van der Waals surface area contributed by atoms with Crippen molar-refractivity contribution < 1.29 is 129 Å². The number of carbonyl (C=O) groups excluding carboxylic acids is 1. The summed E-state index contributed by atoms with van der Waals surface area (Å²) in [5.41, 5.74) is 0. The fourth-order valence-electron chi connectivity index (χ4n) is 6.93. The molecule has 0 spiro atoms. The maximum absolute atomic E-state index is 11.7. The summed E-state index contributed by atoms with van der Waals surface area (Å²) in [7, 11) is 0. The molecule has 0 aromatic rings. The number of hydrogen-bond acceptors (Lipinski definition) is 26. The molecule has 5 saturated heterocycles. The number of cyclic esters (lactones) is 1. The van der Waals surface area contributed by atoms with Gasteiger partial charge in [-0.2, -0.15) is 0 Å². The zero-order chi connectivity index (χ0) is 41.3. The van der Waals surface area contributed by atoms with Crippen molar-refractivity contribution in [3.63, 3.8) is 0 Å². The Bertz CT molecular complexity index is 1240. The molecule has 5 heterocycles. The maximum atomic E-state index is 11.7. The van der Waals surface area contributed by atoms with Gasteiger partial charge in [-0.15, -0.1) is 0 Å². The van der Waals surface area contributed by atoms with E-state index in [-0.39, 0.29) is 0 Å². The third-order valence-corrected chi connectivity index (χ3v) is 10.2. The van der Waals surface area contributed by atoms with Gasteiger partial charge in [-0.3, -0.25) is 0 Å². The van der Waals surface area contributed by atoms with Crippen molar-refractivity contribution in [2.45, 2.75) is 147 Å². The Morgan fingerprint density at radius 1 is 0.357 bits per heavy atom. The molecule has 0 aliphatic carbocycles. The minimum absolute atomic E-state index is 0.813. The van der Waals surface area contributed by atoms with Gasteiger partial charge in [0.1, 0.15) is 110 Å². The van der Waals surface area contributed by atoms with E-state index in [1.54, 1.807) is 0 Å². The third kappa shape index (κ3) is 8.99. The number of esters is 1. The lowest BCUT2D eigenvalue weighted by Gasteiger charge is -2.49. The molecule has 0 bridgehead atoms. The monoisotopic (exact) mass is 826 g/mol. The summed E-state index contributed by atoms with van der Waals surface area (Å²) in [6.45, 7) is -4.59. The first kappa shape index (κ1) is 45.6. The number of carbonyl (C=O) groups is 1. The minimum Gasteiger partial charge on any atom is -0.455 e. The van der Waals surface area contributed by atoms with Crippen LogP contribution < -0.4 is 0 Å². The van der Waals surface area contributed by atoms with E-state index in [1.807, 2.05) is 0 Å². The number of hydrogen-bond donors (Lipinski definition) is 16. The van der Waals surface area contributed by atoms with E-state index in [0.717, 1.165) is 0 Å². The molecule has 24 atom stereocenters. The lowest BCUT2D eigenvalue weighted by molar-refractivity contribution is -0.390. The first-order chi connectivity index (χ1) is 26.5. The first-order valence-corrected chi connectivity index (χ1v) is 17.5. The highest BCUT2D eigenvalue weighted by Crippen LogP contribution is 2.35. The molecule has 56 heavy (non-hydrogen) atoms. The Kier molecular flexibility index (Phi) is 15.7. The fourth-order valence-corrected chi connectivity index (χ4v) is 6.93. The van der Waals surface area contributed by atoms with Crippen LogP contribution >= 0.6 is 0 Å². The highest BCUT2D eigenvalue weighted by Gasteiger charge is 2.56. The lowest BCUT2D eigenvalue weighted by Crippen LogP contribution is -2.68. The lowest BCUT2D eigenvalue weighted by atomic mass is 9.95. The SMILES string of the molecule is O=C1O[C@H](CO)[C@@H](O[C@H]2O[C@H](CO)[C@@H](O[C@H]3O[C@H](CO)[C@@H](O[C@H]4O[C@H](CO)[C@@H](O[C@H]5O[C@H](CO)[C@@H](O)[C@H](O)[C@H]5O)[C@H](O)[C@H]4O)[C@H](O)[C@H]3O)[C@H](O)[C@H]2O)[C@H](O)[C@H]1O. The summed E-state index contributed by atoms with van der Waals surface area (Å²) in [6.07, 6.45) is -44.5. The van der Waals surface area contributed by atoms with Crippen LogP contribution in [0.5, 0.6) is 0 Å². The quantitative estimate of drug-likeness (QED) is 0.0766. The molecule has 0 radical (unpaired) electrons. The Morgan fingerprint density at radius 3 is 0.964 bits per heavy atom. The molecule has 5 aliphatic rings. The highest BCUT2D eigenvalue weighted by atomic mass is 16.8. The smallest absolute Gasteiger partial charge is 0.338 e. The van der Waals surface area contributed by atoms with Crippen LogP contribution in [0.3, 0.4) is 0 Å². The van der Waals surface area contributed by atoms with Crippen molar-refractivity contribution in [3.05, 3.63) is 0 Å². The van der Waals surface area contributed by atoms with E-state index >= 15 is 0 Å². The van der Waals surface area contributed by atoms with Gasteiger partial charge < -0.3 is 124 Å². The largest absolute Gasteiger partial charge is 0.455 e. The average Bonchev–Trinajstić information content (AvgIpc) is 3.19. The van der Waals surface area contributed by atoms with Gasteiger partial charge in [-0.05, 0) is 0 Å². The topological polar surface area (TPSA) is 424 Å². The summed E-state index contributed by atoms with van der Waals surface area (Å²) in [5.74, 6) is -1.27. The Morgan fingerprint density at radius 2 is 0.643 bits per heavy atom. The molecule has 0 aromatic carbocycles. The van der Waals surface area contributed by atoms with Crippen LogP contribution in [-0.4, -0.2) is 268 Å². The molecule has 5 rings (SSSR count). The van der Waals surface area contributed by atoms with E-state index in [9.17, 15) is 86.5 Å². The Hall–Kier alpha value is -1.49. The van der Waals surface area contributed by atoms with E-state index < -0.39 is 186 Å². The van der Waals surface area contributed by atoms with Crippen LogP contribution in [0, 0.1) is 0 Å². The molecule has 0 aromatic heterocycles. The van der Waals surface area contributed by atoms with Gasteiger partial charge in [0.25, 0.3) is 0 Å². The van der Waals surface area contributed by atoms with Crippen LogP contribution in [0.2, 0.25) is 0 Å². The third-order valence-electron chi connectivity index (χ3n) is 10.2. The van der Waals surface area contributed by atoms with E-state index in [1.165, 1.54) is 0 Å². The summed E-state index contributed by atoms with van der Waals surface area (Å²) < 4.78 is 48.8. The standard InChI is InChI=1S/C30H50O26/c31-1-6-11(36)12(37)18(43)27(49-6)54-23-8(3-33)51-29(20(45)14(23)39)56-25-10(5-35)52-30(21(46)16(25)41)55-24-9(4-34)50-28(19(44)15(24)40)53-22-7(2-32)48-26(47)17(42)13(22)38/h6-25,27-46H,1-5H2/t6-,7-,8-,9-,10-,11-,12+,13-,14-,15-,16-,17-,18-,19-,20-,21-,22-,23-,24-,25-,27-,28-,29-,30-/m1/s1. The van der Waals surface area contributed by atoms with Gasteiger partial charge in [0.15, 0.2) is 37.4 Å². The second-order valence-corrected chi connectivity index (χ2v) is 13.8.